The first-order valence-electron chi connectivity index (χ1n) is 25.5. The molecule has 0 saturated heterocycles. The zero-order valence-electron chi connectivity index (χ0n) is 39.8. The van der Waals surface area contributed by atoms with Gasteiger partial charge in [0.05, 0.1) is 55.8 Å². The first-order chi connectivity index (χ1) is 36.8. The van der Waals surface area contributed by atoms with Crippen molar-refractivity contribution in [2.24, 2.45) is 0 Å². The van der Waals surface area contributed by atoms with Gasteiger partial charge in [0.2, 0.25) is 0 Å². The van der Waals surface area contributed by atoms with Gasteiger partial charge in [-0.1, -0.05) is 164 Å². The molecule has 18 aromatic rings. The fraction of sp³-hybridized carbons (Fsp3) is 0. The lowest BCUT2D eigenvalue weighted by Gasteiger charge is -2.11. The number of pyridine rings is 1. The van der Waals surface area contributed by atoms with Crippen LogP contribution in [0.5, 0.6) is 0 Å². The predicted octanol–water partition coefficient (Wildman–Crippen LogP) is 18.1. The Labute approximate surface area is 421 Å². The Morgan fingerprint density at radius 3 is 1.42 bits per heavy atom. The molecule has 7 heterocycles. The number of hydrogen-bond acceptors (Lipinski definition) is 1. The molecule has 0 aliphatic heterocycles. The molecule has 0 fully saturated rings. The number of benzene rings is 11. The number of rotatable bonds is 4. The molecule has 5 heteroatoms. The van der Waals surface area contributed by atoms with Crippen molar-refractivity contribution in [2.75, 3.05) is 0 Å². The van der Waals surface area contributed by atoms with E-state index < -0.39 is 0 Å². The van der Waals surface area contributed by atoms with Gasteiger partial charge in [-0.2, -0.15) is 0 Å². The van der Waals surface area contributed by atoms with Gasteiger partial charge in [-0.05, 0) is 88.6 Å². The molecule has 0 saturated carbocycles. The fourth-order valence-corrected chi connectivity index (χ4v) is 13.7. The third-order valence-corrected chi connectivity index (χ3v) is 16.6. The van der Waals surface area contributed by atoms with E-state index in [4.69, 9.17) is 4.98 Å². The Kier molecular flexibility index (Phi) is 7.28. The standard InChI is InChI=1S/C69H39N5/c1-3-17-43(18-4-1)71-57-30-11-9-22-47(57)55-37-41(32-34-59(55)71)46-24-13-25-49-50-26-14-29-53-64-63-52-28-15-27-51-62-45-21-8-7-16-40(45)36-54(68(62)73(67(51)52)61(63)39-70-69(64)74(65(46)49)66(50)53)42-33-35-60-56(38-42)48-23-10-12-31-58(48)72(60)44-19-5-2-6-20-44/h1-39H. The summed E-state index contributed by atoms with van der Waals surface area (Å²) in [7, 11) is 0. The third kappa shape index (κ3) is 4.77. The largest absolute Gasteiger partial charge is 0.309 e. The minimum Gasteiger partial charge on any atom is -0.309 e. The summed E-state index contributed by atoms with van der Waals surface area (Å²) >= 11 is 0. The summed E-state index contributed by atoms with van der Waals surface area (Å²) in [6, 6.07) is 85.2. The molecule has 0 unspecified atom stereocenters. The number of para-hydroxylation sites is 7. The van der Waals surface area contributed by atoms with Crippen LogP contribution in [0.4, 0.5) is 0 Å². The fourth-order valence-electron chi connectivity index (χ4n) is 13.7. The van der Waals surface area contributed by atoms with Crippen LogP contribution < -0.4 is 0 Å². The van der Waals surface area contributed by atoms with Gasteiger partial charge in [0.25, 0.3) is 0 Å². The second kappa shape index (κ2) is 13.9. The second-order valence-electron chi connectivity index (χ2n) is 20.2. The van der Waals surface area contributed by atoms with Gasteiger partial charge >= 0.3 is 0 Å². The van der Waals surface area contributed by atoms with E-state index in [2.05, 4.69) is 255 Å². The van der Waals surface area contributed by atoms with Gasteiger partial charge in [-0.25, -0.2) is 4.98 Å². The highest BCUT2D eigenvalue weighted by atomic mass is 15.0. The first kappa shape index (κ1) is 38.7. The van der Waals surface area contributed by atoms with Gasteiger partial charge in [0, 0.05) is 87.1 Å². The van der Waals surface area contributed by atoms with E-state index in [1.165, 1.54) is 142 Å². The number of fused-ring (bicyclic) bond motifs is 21. The maximum atomic E-state index is 5.62. The third-order valence-electron chi connectivity index (χ3n) is 16.6. The van der Waals surface area contributed by atoms with Crippen LogP contribution in [0.1, 0.15) is 0 Å². The number of hydrogen-bond donors (Lipinski definition) is 0. The van der Waals surface area contributed by atoms with E-state index in [0.717, 1.165) is 22.5 Å². The Balaban J connectivity index is 0.927. The molecule has 0 spiro atoms. The minimum absolute atomic E-state index is 0.983. The predicted molar refractivity (Wildman–Crippen MR) is 311 cm³/mol. The van der Waals surface area contributed by atoms with E-state index in [1.807, 2.05) is 0 Å². The monoisotopic (exact) mass is 937 g/mol. The first-order valence-corrected chi connectivity index (χ1v) is 25.5. The molecule has 0 atom stereocenters. The molecule has 74 heavy (non-hydrogen) atoms. The molecular formula is C69H39N5. The van der Waals surface area contributed by atoms with Crippen LogP contribution in [0.25, 0.3) is 164 Å². The van der Waals surface area contributed by atoms with Crippen molar-refractivity contribution in [1.29, 1.82) is 0 Å². The van der Waals surface area contributed by atoms with E-state index >= 15 is 0 Å². The maximum Gasteiger partial charge on any atom is 0.146 e. The van der Waals surface area contributed by atoms with Crippen LogP contribution in [0.3, 0.4) is 0 Å². The average molecular weight is 938 g/mol. The van der Waals surface area contributed by atoms with Crippen LogP contribution >= 0.6 is 0 Å². The highest BCUT2D eigenvalue weighted by Gasteiger charge is 2.28. The summed E-state index contributed by atoms with van der Waals surface area (Å²) in [5.41, 5.74) is 18.9. The molecule has 18 rings (SSSR count). The van der Waals surface area contributed by atoms with Crippen molar-refractivity contribution >= 4 is 131 Å². The lowest BCUT2D eigenvalue weighted by molar-refractivity contribution is 1.18. The molecular weight excluding hydrogens is 899 g/mol. The SMILES string of the molecule is c1ccc(-n2c3ccccc3c3cc(-c4cc5ccccc5c5c6cccc7c8c9c%10cccc%11c%12cccc(-c%13ccc%14c(c%13)c%13ccccc%13n%14-c%13ccccc%13)c%12n(c9ncc8n(c45)c76)c%11%10)ccc32)cc1. The maximum absolute atomic E-state index is 5.62. The molecule has 0 amide bonds. The van der Waals surface area contributed by atoms with Crippen LogP contribution in [-0.2, 0) is 0 Å². The Bertz CT molecular complexity index is 5420. The van der Waals surface area contributed by atoms with Crippen molar-refractivity contribution in [3.05, 3.63) is 237 Å². The van der Waals surface area contributed by atoms with E-state index in [1.54, 1.807) is 0 Å². The lowest BCUT2D eigenvalue weighted by Crippen LogP contribution is -1.93. The van der Waals surface area contributed by atoms with Crippen LogP contribution in [0, 0.1) is 0 Å². The van der Waals surface area contributed by atoms with Gasteiger partial charge in [-0.15, -0.1) is 0 Å². The normalized spacial score (nSPS) is 12.6. The summed E-state index contributed by atoms with van der Waals surface area (Å²) in [4.78, 5) is 5.62. The van der Waals surface area contributed by atoms with E-state index in [0.29, 0.717) is 0 Å². The molecule has 0 aliphatic carbocycles. The van der Waals surface area contributed by atoms with Gasteiger partial charge in [-0.3, -0.25) is 4.40 Å². The van der Waals surface area contributed by atoms with Crippen molar-refractivity contribution in [2.45, 2.75) is 0 Å². The van der Waals surface area contributed by atoms with Gasteiger partial charge in [0.15, 0.2) is 0 Å². The summed E-state index contributed by atoms with van der Waals surface area (Å²) in [5.74, 6) is 0. The summed E-state index contributed by atoms with van der Waals surface area (Å²) < 4.78 is 9.83. The molecule has 0 radical (unpaired) electrons. The van der Waals surface area contributed by atoms with Crippen molar-refractivity contribution in [3.8, 4) is 33.6 Å². The molecule has 340 valence electrons. The highest BCUT2D eigenvalue weighted by Crippen LogP contribution is 2.50. The van der Waals surface area contributed by atoms with Crippen LogP contribution in [0.15, 0.2) is 237 Å². The summed E-state index contributed by atoms with van der Waals surface area (Å²) in [6.45, 7) is 0. The van der Waals surface area contributed by atoms with Gasteiger partial charge < -0.3 is 13.5 Å². The van der Waals surface area contributed by atoms with Crippen molar-refractivity contribution < 1.29 is 0 Å². The Hall–Kier alpha value is -9.97. The zero-order chi connectivity index (χ0) is 47.9. The topological polar surface area (TPSA) is 31.6 Å². The molecule has 11 aromatic carbocycles. The minimum atomic E-state index is 0.983. The second-order valence-corrected chi connectivity index (χ2v) is 20.2. The van der Waals surface area contributed by atoms with E-state index in [9.17, 15) is 0 Å². The molecule has 5 nitrogen and oxygen atoms in total. The highest BCUT2D eigenvalue weighted by molar-refractivity contribution is 6.37. The quantitative estimate of drug-likeness (QED) is 0.173. The number of nitrogens with zero attached hydrogens (tertiary/aromatic N) is 5. The summed E-state index contributed by atoms with van der Waals surface area (Å²) in [5, 5.41) is 17.4. The molecule has 0 bridgehead atoms. The summed E-state index contributed by atoms with van der Waals surface area (Å²) in [6.07, 6.45) is 2.17. The van der Waals surface area contributed by atoms with Crippen molar-refractivity contribution in [3.63, 3.8) is 0 Å². The Morgan fingerprint density at radius 2 is 0.757 bits per heavy atom. The Morgan fingerprint density at radius 1 is 0.270 bits per heavy atom. The van der Waals surface area contributed by atoms with Crippen molar-refractivity contribution in [1.82, 2.24) is 22.9 Å². The van der Waals surface area contributed by atoms with Gasteiger partial charge in [0.1, 0.15) is 5.65 Å². The molecule has 0 aliphatic rings. The van der Waals surface area contributed by atoms with E-state index in [-0.39, 0.29) is 0 Å². The molecule has 0 N–H and O–H groups in total. The average Bonchev–Trinajstić information content (AvgIpc) is 4.34. The zero-order valence-corrected chi connectivity index (χ0v) is 39.8. The van der Waals surface area contributed by atoms with Crippen LogP contribution in [0.2, 0.25) is 0 Å². The van der Waals surface area contributed by atoms with Crippen LogP contribution in [-0.4, -0.2) is 22.9 Å². The smallest absolute Gasteiger partial charge is 0.146 e. The lowest BCUT2D eigenvalue weighted by atomic mass is 9.94. The molecule has 7 aromatic heterocycles. The number of aromatic nitrogens is 5.